The van der Waals surface area contributed by atoms with Crippen molar-refractivity contribution in [3.8, 4) is 11.3 Å². The van der Waals surface area contributed by atoms with Gasteiger partial charge in [-0.25, -0.2) is 0 Å². The van der Waals surface area contributed by atoms with E-state index in [1.807, 2.05) is 60.7 Å². The first kappa shape index (κ1) is 20.5. The molecule has 7 nitrogen and oxygen atoms in total. The number of aryl methyl sites for hydroxylation is 1. The van der Waals surface area contributed by atoms with Crippen molar-refractivity contribution in [3.63, 3.8) is 0 Å². The van der Waals surface area contributed by atoms with Crippen molar-refractivity contribution in [1.82, 2.24) is 20.4 Å². The smallest absolute Gasteiger partial charge is 0.289 e. The Hall–Kier alpha value is -3.74. The van der Waals surface area contributed by atoms with E-state index in [9.17, 15) is 14.4 Å². The van der Waals surface area contributed by atoms with E-state index in [2.05, 4.69) is 15.7 Å². The molecule has 4 rings (SSSR count). The van der Waals surface area contributed by atoms with Crippen molar-refractivity contribution in [3.05, 3.63) is 78.0 Å². The van der Waals surface area contributed by atoms with Crippen LogP contribution in [0.5, 0.6) is 0 Å². The molecular formula is C24H24N4O3. The summed E-state index contributed by atoms with van der Waals surface area (Å²) in [6.45, 7) is 0. The zero-order valence-electron chi connectivity index (χ0n) is 17.2. The number of rotatable bonds is 8. The van der Waals surface area contributed by atoms with Gasteiger partial charge in [0.15, 0.2) is 0 Å². The summed E-state index contributed by atoms with van der Waals surface area (Å²) in [5.41, 5.74) is 2.52. The van der Waals surface area contributed by atoms with Crippen LogP contribution in [-0.2, 0) is 23.1 Å². The normalized spacial score (nSPS) is 14.0. The number of amides is 2. The van der Waals surface area contributed by atoms with E-state index in [1.165, 1.54) is 0 Å². The van der Waals surface area contributed by atoms with Crippen LogP contribution in [0.1, 0.15) is 28.8 Å². The second-order valence-corrected chi connectivity index (χ2v) is 7.76. The monoisotopic (exact) mass is 416 g/mol. The molecule has 0 spiro atoms. The number of Topliss-reactive ketones (excluding diaryl/α,β-unsaturated/α-hetero) is 1. The second-order valence-electron chi connectivity index (χ2n) is 7.76. The van der Waals surface area contributed by atoms with Gasteiger partial charge < -0.3 is 10.6 Å². The average Bonchev–Trinajstić information content (AvgIpc) is 3.51. The van der Waals surface area contributed by atoms with E-state index < -0.39 is 23.6 Å². The predicted octanol–water partition coefficient (Wildman–Crippen LogP) is 2.28. The van der Waals surface area contributed by atoms with Gasteiger partial charge in [0, 0.05) is 31.3 Å². The van der Waals surface area contributed by atoms with Gasteiger partial charge in [0.05, 0.1) is 5.56 Å². The molecule has 158 valence electrons. The first-order chi connectivity index (χ1) is 15.0. The minimum Gasteiger partial charge on any atom is -0.347 e. The Kier molecular flexibility index (Phi) is 5.93. The zero-order valence-corrected chi connectivity index (χ0v) is 17.2. The maximum atomic E-state index is 13.2. The molecule has 1 unspecified atom stereocenters. The number of benzene rings is 2. The highest BCUT2D eigenvalue weighted by atomic mass is 16.2. The van der Waals surface area contributed by atoms with Gasteiger partial charge in [0.2, 0.25) is 5.78 Å². The van der Waals surface area contributed by atoms with Crippen LogP contribution in [0.3, 0.4) is 0 Å². The van der Waals surface area contributed by atoms with E-state index in [-0.39, 0.29) is 12.5 Å². The third-order valence-corrected chi connectivity index (χ3v) is 5.16. The number of nitrogens with zero attached hydrogens (tertiary/aromatic N) is 2. The lowest BCUT2D eigenvalue weighted by atomic mass is 10.0. The van der Waals surface area contributed by atoms with Gasteiger partial charge in [0.1, 0.15) is 11.7 Å². The Bertz CT molecular complexity index is 1090. The molecule has 2 aromatic carbocycles. The minimum absolute atomic E-state index is 0.0625. The summed E-state index contributed by atoms with van der Waals surface area (Å²) in [5.74, 6) is -1.74. The average molecular weight is 416 g/mol. The highest BCUT2D eigenvalue weighted by Crippen LogP contribution is 2.22. The molecule has 0 saturated heterocycles. The van der Waals surface area contributed by atoms with Gasteiger partial charge in [-0.15, -0.1) is 0 Å². The molecule has 0 aliphatic heterocycles. The van der Waals surface area contributed by atoms with Crippen LogP contribution in [0.2, 0.25) is 0 Å². The zero-order chi connectivity index (χ0) is 21.8. The van der Waals surface area contributed by atoms with Gasteiger partial charge in [-0.1, -0.05) is 60.7 Å². The summed E-state index contributed by atoms with van der Waals surface area (Å²) in [4.78, 5) is 38.5. The maximum absolute atomic E-state index is 13.2. The lowest BCUT2D eigenvalue weighted by Gasteiger charge is -2.17. The largest absolute Gasteiger partial charge is 0.347 e. The summed E-state index contributed by atoms with van der Waals surface area (Å²) in [7, 11) is 1.74. The predicted molar refractivity (Wildman–Crippen MR) is 116 cm³/mol. The Morgan fingerprint density at radius 1 is 1.03 bits per heavy atom. The first-order valence-electron chi connectivity index (χ1n) is 10.3. The van der Waals surface area contributed by atoms with Crippen LogP contribution >= 0.6 is 0 Å². The lowest BCUT2D eigenvalue weighted by Crippen LogP contribution is -2.49. The van der Waals surface area contributed by atoms with Crippen LogP contribution in [0, 0.1) is 0 Å². The number of hydrogen-bond acceptors (Lipinski definition) is 4. The molecule has 2 amide bonds. The molecule has 1 aromatic heterocycles. The molecule has 7 heteroatoms. The second kappa shape index (κ2) is 8.95. The summed E-state index contributed by atoms with van der Waals surface area (Å²) in [6.07, 6.45) is 3.60. The van der Waals surface area contributed by atoms with Crippen molar-refractivity contribution >= 4 is 17.6 Å². The fraction of sp³-hybridized carbons (Fsp3) is 0.250. The SMILES string of the molecule is Cn1cc(C(=O)NC(Cc2ccccc2)C(=O)C(=O)NC2CC2)c(-c2ccccc2)n1. The van der Waals surface area contributed by atoms with Crippen LogP contribution in [-0.4, -0.2) is 39.5 Å². The number of aromatic nitrogens is 2. The van der Waals surface area contributed by atoms with Crippen molar-refractivity contribution < 1.29 is 14.4 Å². The Balaban J connectivity index is 1.58. The molecule has 1 atom stereocenters. The first-order valence-corrected chi connectivity index (χ1v) is 10.3. The van der Waals surface area contributed by atoms with Gasteiger partial charge in [-0.2, -0.15) is 5.10 Å². The standard InChI is InChI=1S/C24H24N4O3/c1-28-15-19(21(27-28)17-10-6-3-7-11-17)23(30)26-20(14-16-8-4-2-5-9-16)22(29)24(31)25-18-12-13-18/h2-11,15,18,20H,12-14H2,1H3,(H,25,31)(H,26,30). The van der Waals surface area contributed by atoms with Gasteiger partial charge in [0.25, 0.3) is 11.8 Å². The number of hydrogen-bond donors (Lipinski definition) is 2. The third-order valence-electron chi connectivity index (χ3n) is 5.16. The molecule has 1 saturated carbocycles. The molecular weight excluding hydrogens is 392 g/mol. The van der Waals surface area contributed by atoms with E-state index in [1.54, 1.807) is 17.9 Å². The number of ketones is 1. The third kappa shape index (κ3) is 5.06. The molecule has 1 heterocycles. The Morgan fingerprint density at radius 2 is 1.68 bits per heavy atom. The quantitative estimate of drug-likeness (QED) is 0.551. The van der Waals surface area contributed by atoms with Crippen LogP contribution < -0.4 is 10.6 Å². The molecule has 1 aliphatic carbocycles. The molecule has 1 fully saturated rings. The van der Waals surface area contributed by atoms with Crippen molar-refractivity contribution in [2.75, 3.05) is 0 Å². The van der Waals surface area contributed by atoms with Crippen LogP contribution in [0.4, 0.5) is 0 Å². The maximum Gasteiger partial charge on any atom is 0.289 e. The highest BCUT2D eigenvalue weighted by Gasteiger charge is 2.32. The lowest BCUT2D eigenvalue weighted by molar-refractivity contribution is -0.139. The topological polar surface area (TPSA) is 93.1 Å². The summed E-state index contributed by atoms with van der Waals surface area (Å²) in [6, 6.07) is 17.8. The molecule has 31 heavy (non-hydrogen) atoms. The van der Waals surface area contributed by atoms with Crippen molar-refractivity contribution in [2.45, 2.75) is 31.3 Å². The van der Waals surface area contributed by atoms with Crippen LogP contribution in [0.25, 0.3) is 11.3 Å². The summed E-state index contributed by atoms with van der Waals surface area (Å²) < 4.78 is 1.56. The summed E-state index contributed by atoms with van der Waals surface area (Å²) in [5, 5.41) is 9.91. The van der Waals surface area contributed by atoms with Gasteiger partial charge in [-0.3, -0.25) is 19.1 Å². The Labute approximate surface area is 180 Å². The van der Waals surface area contributed by atoms with Gasteiger partial charge >= 0.3 is 0 Å². The van der Waals surface area contributed by atoms with E-state index in [0.29, 0.717) is 11.3 Å². The highest BCUT2D eigenvalue weighted by molar-refractivity contribution is 6.38. The molecule has 3 aromatic rings. The molecule has 1 aliphatic rings. The summed E-state index contributed by atoms with van der Waals surface area (Å²) >= 11 is 0. The fourth-order valence-electron chi connectivity index (χ4n) is 3.40. The number of carbonyl (C=O) groups excluding carboxylic acids is 3. The van der Waals surface area contributed by atoms with Gasteiger partial charge in [-0.05, 0) is 18.4 Å². The molecule has 2 N–H and O–H groups in total. The van der Waals surface area contributed by atoms with E-state index in [0.717, 1.165) is 24.0 Å². The number of nitrogens with one attached hydrogen (secondary N) is 2. The van der Waals surface area contributed by atoms with Crippen molar-refractivity contribution in [2.24, 2.45) is 7.05 Å². The fourth-order valence-corrected chi connectivity index (χ4v) is 3.40. The van der Waals surface area contributed by atoms with Crippen LogP contribution in [0.15, 0.2) is 66.9 Å². The molecule has 0 bridgehead atoms. The minimum atomic E-state index is -0.975. The Morgan fingerprint density at radius 3 is 2.32 bits per heavy atom. The van der Waals surface area contributed by atoms with E-state index >= 15 is 0 Å². The van der Waals surface area contributed by atoms with Crippen molar-refractivity contribution in [1.29, 1.82) is 0 Å². The number of carbonyl (C=O) groups is 3. The van der Waals surface area contributed by atoms with E-state index in [4.69, 9.17) is 0 Å². The molecule has 0 radical (unpaired) electrons.